The van der Waals surface area contributed by atoms with Crippen LogP contribution in [0, 0.1) is 0 Å². The summed E-state index contributed by atoms with van der Waals surface area (Å²) in [6, 6.07) is 11.6. The van der Waals surface area contributed by atoms with Crippen LogP contribution in [-0.4, -0.2) is 41.5 Å². The quantitative estimate of drug-likeness (QED) is 0.676. The fourth-order valence-electron chi connectivity index (χ4n) is 3.37. The molecule has 27 heavy (non-hydrogen) atoms. The highest BCUT2D eigenvalue weighted by molar-refractivity contribution is 6.64. The monoisotopic (exact) mass is 363 g/mol. The van der Waals surface area contributed by atoms with E-state index < -0.39 is 6.92 Å². The van der Waals surface area contributed by atoms with E-state index >= 15 is 0 Å². The van der Waals surface area contributed by atoms with Crippen molar-refractivity contribution >= 4 is 29.0 Å². The lowest BCUT2D eigenvalue weighted by Gasteiger charge is -2.16. The molecular weight excluding hydrogens is 341 g/mol. The van der Waals surface area contributed by atoms with Gasteiger partial charge < -0.3 is 20.2 Å². The molecule has 3 aromatic rings. The number of nitrogens with two attached hydrogens (primary N) is 1. The van der Waals surface area contributed by atoms with Crippen LogP contribution in [0.2, 0.25) is 6.82 Å². The van der Waals surface area contributed by atoms with Crippen molar-refractivity contribution in [2.75, 3.05) is 18.9 Å². The van der Waals surface area contributed by atoms with Gasteiger partial charge in [0.25, 0.3) is 0 Å². The molecule has 1 aliphatic heterocycles. The summed E-state index contributed by atoms with van der Waals surface area (Å²) in [7, 11) is 0. The molecule has 1 fully saturated rings. The van der Waals surface area contributed by atoms with Gasteiger partial charge in [0.2, 0.25) is 0 Å². The molecule has 0 amide bonds. The summed E-state index contributed by atoms with van der Waals surface area (Å²) in [6.07, 6.45) is 3.78. The molecule has 1 unspecified atom stereocenters. The minimum absolute atomic E-state index is 0.136. The van der Waals surface area contributed by atoms with Gasteiger partial charge in [-0.25, -0.2) is 0 Å². The molecule has 138 valence electrons. The van der Waals surface area contributed by atoms with Gasteiger partial charge in [-0.15, -0.1) is 0 Å². The molecule has 1 aliphatic rings. The van der Waals surface area contributed by atoms with Crippen molar-refractivity contribution in [2.45, 2.75) is 25.8 Å². The fourth-order valence-corrected chi connectivity index (χ4v) is 3.37. The first kappa shape index (κ1) is 17.8. The van der Waals surface area contributed by atoms with Crippen molar-refractivity contribution in [1.82, 2.24) is 10.2 Å². The number of anilines is 1. The molecule has 0 bridgehead atoms. The molecule has 2 aromatic carbocycles. The highest BCUT2D eigenvalue weighted by Gasteiger charge is 2.18. The first-order chi connectivity index (χ1) is 13.1. The topological polar surface area (TPSA) is 90.5 Å². The number of rotatable bonds is 5. The SMILES string of the molecule is CB(O)c1ccc(OCC2CCCO2)c(-c2ccc3c(N)cnnc3c2)c1. The van der Waals surface area contributed by atoms with Gasteiger partial charge >= 0.3 is 6.92 Å². The van der Waals surface area contributed by atoms with Gasteiger partial charge in [-0.3, -0.25) is 0 Å². The van der Waals surface area contributed by atoms with Crippen molar-refractivity contribution in [3.8, 4) is 16.9 Å². The minimum atomic E-state index is -0.563. The van der Waals surface area contributed by atoms with Gasteiger partial charge in [0.1, 0.15) is 12.4 Å². The highest BCUT2D eigenvalue weighted by Crippen LogP contribution is 2.32. The van der Waals surface area contributed by atoms with E-state index in [1.807, 2.05) is 36.4 Å². The van der Waals surface area contributed by atoms with E-state index in [4.69, 9.17) is 15.2 Å². The van der Waals surface area contributed by atoms with Crippen LogP contribution in [0.3, 0.4) is 0 Å². The molecule has 7 heteroatoms. The number of nitrogen functional groups attached to an aromatic ring is 1. The summed E-state index contributed by atoms with van der Waals surface area (Å²) in [5.74, 6) is 0.756. The molecule has 1 saturated heterocycles. The Morgan fingerprint density at radius 1 is 1.30 bits per heavy atom. The lowest BCUT2D eigenvalue weighted by atomic mass is 9.64. The zero-order valence-electron chi connectivity index (χ0n) is 15.3. The Labute approximate surface area is 158 Å². The van der Waals surface area contributed by atoms with E-state index in [0.717, 1.165) is 52.7 Å². The molecule has 1 atom stereocenters. The number of fused-ring (bicyclic) bond motifs is 1. The van der Waals surface area contributed by atoms with Crippen LogP contribution in [0.4, 0.5) is 5.69 Å². The zero-order chi connectivity index (χ0) is 18.8. The van der Waals surface area contributed by atoms with Gasteiger partial charge in [-0.05, 0) is 42.1 Å². The molecule has 0 saturated carbocycles. The van der Waals surface area contributed by atoms with Crippen LogP contribution < -0.4 is 15.9 Å². The predicted molar refractivity (Wildman–Crippen MR) is 107 cm³/mol. The Morgan fingerprint density at radius 3 is 2.96 bits per heavy atom. The first-order valence-electron chi connectivity index (χ1n) is 9.19. The number of ether oxygens (including phenoxy) is 2. The molecule has 0 aliphatic carbocycles. The average Bonchev–Trinajstić information content (AvgIpc) is 3.20. The third-order valence-corrected chi connectivity index (χ3v) is 4.92. The smallest absolute Gasteiger partial charge is 0.320 e. The van der Waals surface area contributed by atoms with E-state index in [2.05, 4.69) is 10.2 Å². The Hall–Kier alpha value is -2.64. The van der Waals surface area contributed by atoms with Crippen molar-refractivity contribution in [2.24, 2.45) is 0 Å². The molecule has 3 N–H and O–H groups in total. The predicted octanol–water partition coefficient (Wildman–Crippen LogP) is 2.26. The van der Waals surface area contributed by atoms with Crippen molar-refractivity contribution in [1.29, 1.82) is 0 Å². The van der Waals surface area contributed by atoms with Crippen LogP contribution in [0.5, 0.6) is 5.75 Å². The van der Waals surface area contributed by atoms with Crippen molar-refractivity contribution in [3.63, 3.8) is 0 Å². The minimum Gasteiger partial charge on any atom is -0.490 e. The fraction of sp³-hybridized carbons (Fsp3) is 0.300. The summed E-state index contributed by atoms with van der Waals surface area (Å²) in [5, 5.41) is 19.0. The van der Waals surface area contributed by atoms with E-state index in [1.165, 1.54) is 0 Å². The number of nitrogens with zero attached hydrogens (tertiary/aromatic N) is 2. The molecular formula is C20H22BN3O3. The van der Waals surface area contributed by atoms with Gasteiger partial charge in [0, 0.05) is 17.6 Å². The van der Waals surface area contributed by atoms with Crippen LogP contribution >= 0.6 is 0 Å². The second kappa shape index (κ2) is 7.54. The normalized spacial score (nSPS) is 16.6. The molecule has 6 nitrogen and oxygen atoms in total. The molecule has 0 spiro atoms. The maximum absolute atomic E-state index is 10.00. The van der Waals surface area contributed by atoms with Gasteiger partial charge in [0.05, 0.1) is 23.5 Å². The largest absolute Gasteiger partial charge is 0.490 e. The second-order valence-corrected chi connectivity index (χ2v) is 6.91. The summed E-state index contributed by atoms with van der Waals surface area (Å²) >= 11 is 0. The first-order valence-corrected chi connectivity index (χ1v) is 9.19. The lowest BCUT2D eigenvalue weighted by molar-refractivity contribution is 0.0681. The zero-order valence-corrected chi connectivity index (χ0v) is 15.3. The molecule has 1 aromatic heterocycles. The summed E-state index contributed by atoms with van der Waals surface area (Å²) in [4.78, 5) is 0. The third kappa shape index (κ3) is 3.75. The second-order valence-electron chi connectivity index (χ2n) is 6.91. The van der Waals surface area contributed by atoms with Crippen LogP contribution in [0.15, 0.2) is 42.6 Å². The maximum Gasteiger partial charge on any atom is 0.320 e. The van der Waals surface area contributed by atoms with Crippen LogP contribution in [-0.2, 0) is 4.74 Å². The van der Waals surface area contributed by atoms with E-state index in [-0.39, 0.29) is 6.10 Å². The number of hydrogen-bond acceptors (Lipinski definition) is 6. The maximum atomic E-state index is 10.00. The van der Waals surface area contributed by atoms with Crippen molar-refractivity contribution < 1.29 is 14.5 Å². The number of aromatic nitrogens is 2. The standard InChI is InChI=1S/C20H22BN3O3/c1-21(25)14-5-7-20(27-12-15-3-2-8-26-15)17(10-14)13-4-6-16-18(22)11-23-24-19(16)9-13/h4-7,9-11,15,25H,2-3,8,12H2,1H3,(H2,22,24). The van der Waals surface area contributed by atoms with E-state index in [9.17, 15) is 5.02 Å². The molecule has 2 heterocycles. The van der Waals surface area contributed by atoms with Crippen LogP contribution in [0.25, 0.3) is 22.0 Å². The van der Waals surface area contributed by atoms with Gasteiger partial charge in [-0.1, -0.05) is 25.0 Å². The van der Waals surface area contributed by atoms with E-state index in [0.29, 0.717) is 12.3 Å². The van der Waals surface area contributed by atoms with Crippen LogP contribution in [0.1, 0.15) is 12.8 Å². The van der Waals surface area contributed by atoms with Crippen molar-refractivity contribution in [3.05, 3.63) is 42.6 Å². The van der Waals surface area contributed by atoms with Gasteiger partial charge in [0.15, 0.2) is 0 Å². The Balaban J connectivity index is 1.73. The van der Waals surface area contributed by atoms with Gasteiger partial charge in [-0.2, -0.15) is 10.2 Å². The average molecular weight is 363 g/mol. The molecule has 0 radical (unpaired) electrons. The Kier molecular flexibility index (Phi) is 4.96. The highest BCUT2D eigenvalue weighted by atomic mass is 16.5. The summed E-state index contributed by atoms with van der Waals surface area (Å²) in [5.41, 5.74) is 9.97. The lowest BCUT2D eigenvalue weighted by Crippen LogP contribution is -2.26. The van der Waals surface area contributed by atoms with E-state index in [1.54, 1.807) is 13.0 Å². The third-order valence-electron chi connectivity index (χ3n) is 4.92. The Bertz CT molecular complexity index is 958. The molecule has 4 rings (SSSR count). The Morgan fingerprint density at radius 2 is 2.19 bits per heavy atom. The number of hydrogen-bond donors (Lipinski definition) is 2. The number of benzene rings is 2. The summed E-state index contributed by atoms with van der Waals surface area (Å²) in [6.45, 7) is 2.50. The summed E-state index contributed by atoms with van der Waals surface area (Å²) < 4.78 is 11.7.